The molecule has 0 heterocycles. The predicted octanol–water partition coefficient (Wildman–Crippen LogP) is 3.10. The fraction of sp³-hybridized carbons (Fsp3) is 0.500. The first kappa shape index (κ1) is 10.5. The van der Waals surface area contributed by atoms with Crippen LogP contribution in [0.3, 0.4) is 0 Å². The van der Waals surface area contributed by atoms with Crippen LogP contribution in [0, 0.1) is 0 Å². The number of ether oxygens (including phenoxy) is 1. The average molecular weight is 210 g/mol. The largest absolute Gasteiger partial charge is 0.572 e. The summed E-state index contributed by atoms with van der Waals surface area (Å²) in [6.07, 6.45) is 2.38. The van der Waals surface area contributed by atoms with Crippen LogP contribution in [0.25, 0.3) is 0 Å². The molecule has 1 aliphatic rings. The highest BCUT2D eigenvalue weighted by Gasteiger charge is 2.32. The van der Waals surface area contributed by atoms with Crippen molar-refractivity contribution in [1.29, 1.82) is 0 Å². The molecular formula is C8H9F3OS. The number of rotatable bonds is 2. The highest BCUT2D eigenvalue weighted by atomic mass is 32.2. The standard InChI is InChI=1S/C8H9F3OS/c1-13-7-4-2-3-6(5-7)12-8(9,10)11/h2-4,7H,5H2,1H3. The average Bonchev–Trinajstić information content (AvgIpc) is 2.01. The molecular weight excluding hydrogens is 201 g/mol. The van der Waals surface area contributed by atoms with Gasteiger partial charge < -0.3 is 4.74 Å². The highest BCUT2D eigenvalue weighted by molar-refractivity contribution is 7.99. The summed E-state index contributed by atoms with van der Waals surface area (Å²) in [5, 5.41) is 0.0855. The molecule has 0 spiro atoms. The Kier molecular flexibility index (Phi) is 3.30. The Morgan fingerprint density at radius 1 is 1.54 bits per heavy atom. The van der Waals surface area contributed by atoms with Crippen LogP contribution in [0.1, 0.15) is 6.42 Å². The number of allylic oxidation sites excluding steroid dienone is 3. The Labute approximate surface area is 78.6 Å². The van der Waals surface area contributed by atoms with Crippen molar-refractivity contribution in [2.24, 2.45) is 0 Å². The summed E-state index contributed by atoms with van der Waals surface area (Å²) in [4.78, 5) is 0. The lowest BCUT2D eigenvalue weighted by Crippen LogP contribution is -2.16. The van der Waals surface area contributed by atoms with E-state index in [0.29, 0.717) is 6.42 Å². The number of hydrogen-bond donors (Lipinski definition) is 0. The van der Waals surface area contributed by atoms with Crippen molar-refractivity contribution in [3.8, 4) is 0 Å². The van der Waals surface area contributed by atoms with Gasteiger partial charge in [-0.1, -0.05) is 12.2 Å². The van der Waals surface area contributed by atoms with Crippen molar-refractivity contribution < 1.29 is 17.9 Å². The highest BCUT2D eigenvalue weighted by Crippen LogP contribution is 2.28. The number of halogens is 3. The molecule has 0 aromatic carbocycles. The van der Waals surface area contributed by atoms with Gasteiger partial charge >= 0.3 is 6.36 Å². The summed E-state index contributed by atoms with van der Waals surface area (Å²) in [6, 6.07) is 0. The fourth-order valence-electron chi connectivity index (χ4n) is 1.01. The van der Waals surface area contributed by atoms with Gasteiger partial charge in [-0.15, -0.1) is 13.2 Å². The lowest BCUT2D eigenvalue weighted by molar-refractivity contribution is -0.306. The van der Waals surface area contributed by atoms with Gasteiger partial charge in [-0.25, -0.2) is 0 Å². The second kappa shape index (κ2) is 4.09. The van der Waals surface area contributed by atoms with E-state index in [9.17, 15) is 13.2 Å². The van der Waals surface area contributed by atoms with E-state index in [1.807, 2.05) is 12.3 Å². The Morgan fingerprint density at radius 2 is 2.23 bits per heavy atom. The molecule has 1 nitrogen and oxygen atoms in total. The number of thioether (sulfide) groups is 1. The van der Waals surface area contributed by atoms with Gasteiger partial charge in [0.05, 0.1) is 0 Å². The Hall–Kier alpha value is -0.580. The molecule has 0 amide bonds. The zero-order valence-electron chi connectivity index (χ0n) is 6.97. The molecule has 1 rings (SSSR count). The zero-order valence-corrected chi connectivity index (χ0v) is 7.78. The van der Waals surface area contributed by atoms with Crippen molar-refractivity contribution >= 4 is 11.8 Å². The summed E-state index contributed by atoms with van der Waals surface area (Å²) in [5.74, 6) is -0.0191. The molecule has 0 aromatic heterocycles. The molecule has 0 fully saturated rings. The van der Waals surface area contributed by atoms with E-state index in [2.05, 4.69) is 4.74 Å². The van der Waals surface area contributed by atoms with Crippen molar-refractivity contribution in [3.05, 3.63) is 24.0 Å². The van der Waals surface area contributed by atoms with Crippen LogP contribution in [-0.2, 0) is 4.74 Å². The lowest BCUT2D eigenvalue weighted by atomic mass is 10.1. The molecule has 0 saturated carbocycles. The SMILES string of the molecule is CSC1C=CC=C(OC(F)(F)F)C1. The minimum absolute atomic E-state index is 0.0191. The van der Waals surface area contributed by atoms with Crippen LogP contribution >= 0.6 is 11.8 Å². The Bertz CT molecular complexity index is 232. The normalized spacial score (nSPS) is 22.8. The second-order valence-electron chi connectivity index (χ2n) is 2.54. The van der Waals surface area contributed by atoms with Gasteiger partial charge in [-0.05, 0) is 12.3 Å². The van der Waals surface area contributed by atoms with Crippen LogP contribution in [0.5, 0.6) is 0 Å². The molecule has 0 N–H and O–H groups in total. The van der Waals surface area contributed by atoms with Crippen molar-refractivity contribution in [1.82, 2.24) is 0 Å². The van der Waals surface area contributed by atoms with E-state index in [-0.39, 0.29) is 11.0 Å². The molecule has 0 bridgehead atoms. The van der Waals surface area contributed by atoms with Gasteiger partial charge in [0, 0.05) is 11.7 Å². The van der Waals surface area contributed by atoms with Gasteiger partial charge in [0.1, 0.15) is 5.76 Å². The predicted molar refractivity (Wildman–Crippen MR) is 46.3 cm³/mol. The van der Waals surface area contributed by atoms with E-state index in [1.165, 1.54) is 17.8 Å². The van der Waals surface area contributed by atoms with Crippen LogP contribution < -0.4 is 0 Å². The fourth-order valence-corrected chi connectivity index (χ4v) is 1.59. The van der Waals surface area contributed by atoms with Gasteiger partial charge in [-0.3, -0.25) is 0 Å². The molecule has 1 atom stereocenters. The van der Waals surface area contributed by atoms with E-state index in [4.69, 9.17) is 0 Å². The van der Waals surface area contributed by atoms with Crippen LogP contribution in [0.15, 0.2) is 24.0 Å². The van der Waals surface area contributed by atoms with Crippen molar-refractivity contribution in [2.45, 2.75) is 18.0 Å². The number of hydrogen-bond acceptors (Lipinski definition) is 2. The van der Waals surface area contributed by atoms with Crippen LogP contribution in [-0.4, -0.2) is 17.9 Å². The van der Waals surface area contributed by atoms with E-state index in [0.717, 1.165) is 0 Å². The van der Waals surface area contributed by atoms with Crippen molar-refractivity contribution in [3.63, 3.8) is 0 Å². The zero-order chi connectivity index (χ0) is 9.90. The first-order chi connectivity index (χ1) is 6.01. The summed E-state index contributed by atoms with van der Waals surface area (Å²) in [5.41, 5.74) is 0. The van der Waals surface area contributed by atoms with Gasteiger partial charge in [0.2, 0.25) is 0 Å². The monoisotopic (exact) mass is 210 g/mol. The van der Waals surface area contributed by atoms with E-state index < -0.39 is 6.36 Å². The maximum Gasteiger partial charge on any atom is 0.572 e. The third-order valence-electron chi connectivity index (χ3n) is 1.56. The summed E-state index contributed by atoms with van der Waals surface area (Å²) in [7, 11) is 0. The molecule has 0 aromatic rings. The third kappa shape index (κ3) is 3.76. The Morgan fingerprint density at radius 3 is 2.77 bits per heavy atom. The van der Waals surface area contributed by atoms with Gasteiger partial charge in [0.25, 0.3) is 0 Å². The molecule has 1 aliphatic carbocycles. The molecule has 13 heavy (non-hydrogen) atoms. The minimum Gasteiger partial charge on any atom is -0.410 e. The molecule has 0 radical (unpaired) electrons. The third-order valence-corrected chi connectivity index (χ3v) is 2.49. The molecule has 0 aliphatic heterocycles. The molecule has 1 unspecified atom stereocenters. The topological polar surface area (TPSA) is 9.23 Å². The molecule has 74 valence electrons. The van der Waals surface area contributed by atoms with E-state index >= 15 is 0 Å². The van der Waals surface area contributed by atoms with Gasteiger partial charge in [0.15, 0.2) is 0 Å². The Balaban J connectivity index is 2.53. The lowest BCUT2D eigenvalue weighted by Gasteiger charge is -2.18. The second-order valence-corrected chi connectivity index (χ2v) is 3.62. The maximum atomic E-state index is 11.8. The quantitative estimate of drug-likeness (QED) is 0.692. The first-order valence-electron chi connectivity index (χ1n) is 3.67. The molecule has 5 heteroatoms. The number of alkyl halides is 3. The minimum atomic E-state index is -4.57. The summed E-state index contributed by atoms with van der Waals surface area (Å²) < 4.78 is 39.1. The van der Waals surface area contributed by atoms with Crippen molar-refractivity contribution in [2.75, 3.05) is 6.26 Å². The van der Waals surface area contributed by atoms with E-state index in [1.54, 1.807) is 6.08 Å². The van der Waals surface area contributed by atoms with Gasteiger partial charge in [-0.2, -0.15) is 11.8 Å². The summed E-state index contributed by atoms with van der Waals surface area (Å²) in [6.45, 7) is 0. The van der Waals surface area contributed by atoms with Crippen LogP contribution in [0.4, 0.5) is 13.2 Å². The smallest absolute Gasteiger partial charge is 0.410 e. The van der Waals surface area contributed by atoms with Crippen LogP contribution in [0.2, 0.25) is 0 Å². The summed E-state index contributed by atoms with van der Waals surface area (Å²) >= 11 is 1.50. The molecule has 0 saturated heterocycles. The maximum absolute atomic E-state index is 11.8. The first-order valence-corrected chi connectivity index (χ1v) is 4.96.